The van der Waals surface area contributed by atoms with E-state index in [1.54, 1.807) is 5.56 Å². The molecule has 0 N–H and O–H groups in total. The van der Waals surface area contributed by atoms with Crippen molar-refractivity contribution in [2.24, 2.45) is 0 Å². The predicted octanol–water partition coefficient (Wildman–Crippen LogP) is 16.5. The summed E-state index contributed by atoms with van der Waals surface area (Å²) in [6, 6.07) is 51.2. The number of aryl methyl sites for hydroxylation is 3. The van der Waals surface area contributed by atoms with E-state index in [0.717, 1.165) is 19.3 Å². The number of anilines is 7. The first kappa shape index (κ1) is 47.7. The van der Waals surface area contributed by atoms with Crippen LogP contribution in [0.3, 0.4) is 0 Å². The highest BCUT2D eigenvalue weighted by molar-refractivity contribution is 7.00. The lowest BCUT2D eigenvalue weighted by molar-refractivity contribution is 0.194. The number of benzene rings is 7. The molecule has 0 aromatic heterocycles. The largest absolute Gasteiger partial charge is 0.335 e. The Balaban J connectivity index is 1.21. The summed E-state index contributed by atoms with van der Waals surface area (Å²) in [7, 11) is 0. The molecule has 4 unspecified atom stereocenters. The van der Waals surface area contributed by atoms with Crippen LogP contribution in [0.15, 0.2) is 127 Å². The molecule has 2 aliphatic carbocycles. The number of nitrogens with zero attached hydrogens (tertiary/aromatic N) is 3. The normalized spacial score (nSPS) is 24.2. The SMILES string of the molecule is Cc1cc(C)c2c3c1B1c4ccc(C(C)(C)C)cc4N(c4ccc(C(C)(C)C)cc4-c4ccccc4)c4cc(N5c6ccc(C(C)(C)C)cc6C6(C)CCc7ccccc7C56C)cc(c41)N3C1(C)CCCCC21C. The molecule has 0 amide bonds. The van der Waals surface area contributed by atoms with E-state index in [1.165, 1.54) is 131 Å². The molecule has 376 valence electrons. The molecule has 0 bridgehead atoms. The molecule has 0 radical (unpaired) electrons. The minimum Gasteiger partial charge on any atom is -0.335 e. The molecule has 7 aromatic carbocycles. The molecule has 1 fully saturated rings. The van der Waals surface area contributed by atoms with Crippen LogP contribution in [0.4, 0.5) is 39.8 Å². The van der Waals surface area contributed by atoms with Crippen LogP contribution in [0.5, 0.6) is 0 Å². The molecular weight excluding hydrogens is 894 g/mol. The van der Waals surface area contributed by atoms with Crippen LogP contribution in [0.2, 0.25) is 0 Å². The predicted molar refractivity (Wildman–Crippen MR) is 318 cm³/mol. The van der Waals surface area contributed by atoms with Gasteiger partial charge in [-0.1, -0.05) is 186 Å². The lowest BCUT2D eigenvalue weighted by Gasteiger charge is -2.54. The Morgan fingerprint density at radius 2 is 1.11 bits per heavy atom. The molecule has 74 heavy (non-hydrogen) atoms. The fourth-order valence-corrected chi connectivity index (χ4v) is 16.1. The van der Waals surface area contributed by atoms with E-state index in [1.807, 2.05) is 0 Å². The first-order chi connectivity index (χ1) is 34.9. The van der Waals surface area contributed by atoms with Gasteiger partial charge in [-0.3, -0.25) is 0 Å². The van der Waals surface area contributed by atoms with E-state index >= 15 is 0 Å². The molecule has 4 atom stereocenters. The lowest BCUT2D eigenvalue weighted by Crippen LogP contribution is -2.65. The maximum absolute atomic E-state index is 2.97. The minimum absolute atomic E-state index is 0.0121. The molecule has 0 saturated heterocycles. The van der Waals surface area contributed by atoms with Gasteiger partial charge in [-0.05, 0) is 172 Å². The summed E-state index contributed by atoms with van der Waals surface area (Å²) in [6.45, 7) is 36.8. The van der Waals surface area contributed by atoms with Gasteiger partial charge in [-0.25, -0.2) is 0 Å². The van der Waals surface area contributed by atoms with E-state index in [9.17, 15) is 0 Å². The van der Waals surface area contributed by atoms with Crippen molar-refractivity contribution in [2.45, 2.75) is 181 Å². The third-order valence-corrected chi connectivity index (χ3v) is 20.5. The summed E-state index contributed by atoms with van der Waals surface area (Å²) < 4.78 is 0. The van der Waals surface area contributed by atoms with Crippen molar-refractivity contribution in [2.75, 3.05) is 14.7 Å². The second-order valence-corrected chi connectivity index (χ2v) is 27.7. The Morgan fingerprint density at radius 3 is 1.82 bits per heavy atom. The number of rotatable bonds is 3. The molecule has 6 aliphatic rings. The molecule has 13 rings (SSSR count). The quantitative estimate of drug-likeness (QED) is 0.163. The summed E-state index contributed by atoms with van der Waals surface area (Å²) in [6.07, 6.45) is 7.02. The fourth-order valence-electron chi connectivity index (χ4n) is 16.1. The van der Waals surface area contributed by atoms with Gasteiger partial charge in [0.1, 0.15) is 0 Å². The van der Waals surface area contributed by atoms with Crippen molar-refractivity contribution in [3.63, 3.8) is 0 Å². The Kier molecular flexibility index (Phi) is 9.88. The van der Waals surface area contributed by atoms with Crippen LogP contribution in [0.1, 0.15) is 172 Å². The second-order valence-electron chi connectivity index (χ2n) is 27.7. The fraction of sp³-hybridized carbons (Fsp3) is 0.400. The summed E-state index contributed by atoms with van der Waals surface area (Å²) in [5.41, 5.74) is 28.5. The maximum Gasteiger partial charge on any atom is 0.252 e. The Morgan fingerprint density at radius 1 is 0.486 bits per heavy atom. The average Bonchev–Trinajstić information content (AvgIpc) is 3.72. The van der Waals surface area contributed by atoms with Crippen molar-refractivity contribution in [1.82, 2.24) is 0 Å². The van der Waals surface area contributed by atoms with Crippen LogP contribution in [0.25, 0.3) is 11.1 Å². The van der Waals surface area contributed by atoms with Crippen molar-refractivity contribution >= 4 is 62.9 Å². The molecule has 7 aromatic rings. The van der Waals surface area contributed by atoms with Gasteiger partial charge in [-0.2, -0.15) is 0 Å². The van der Waals surface area contributed by atoms with Gasteiger partial charge in [0.2, 0.25) is 0 Å². The summed E-state index contributed by atoms with van der Waals surface area (Å²) in [5, 5.41) is 0. The zero-order valence-corrected chi connectivity index (χ0v) is 47.3. The van der Waals surface area contributed by atoms with E-state index < -0.39 is 0 Å². The number of hydrogen-bond acceptors (Lipinski definition) is 3. The molecule has 1 saturated carbocycles. The Bertz CT molecular complexity index is 3530. The van der Waals surface area contributed by atoms with Crippen LogP contribution in [-0.4, -0.2) is 12.3 Å². The van der Waals surface area contributed by atoms with E-state index in [-0.39, 0.29) is 44.9 Å². The van der Waals surface area contributed by atoms with Crippen LogP contribution >= 0.6 is 0 Å². The van der Waals surface area contributed by atoms with E-state index in [4.69, 9.17) is 0 Å². The average molecular weight is 972 g/mol. The molecule has 3 nitrogen and oxygen atoms in total. The van der Waals surface area contributed by atoms with Gasteiger partial charge in [-0.15, -0.1) is 0 Å². The molecule has 0 spiro atoms. The van der Waals surface area contributed by atoms with Gasteiger partial charge >= 0.3 is 0 Å². The highest BCUT2D eigenvalue weighted by Crippen LogP contribution is 2.67. The molecule has 4 heteroatoms. The van der Waals surface area contributed by atoms with Crippen LogP contribution in [-0.2, 0) is 39.0 Å². The smallest absolute Gasteiger partial charge is 0.252 e. The lowest BCUT2D eigenvalue weighted by atomic mass is 9.32. The minimum atomic E-state index is -0.374. The van der Waals surface area contributed by atoms with Crippen molar-refractivity contribution < 1.29 is 0 Å². The van der Waals surface area contributed by atoms with Gasteiger partial charge in [0, 0.05) is 50.5 Å². The topological polar surface area (TPSA) is 9.72 Å². The number of hydrogen-bond donors (Lipinski definition) is 0. The van der Waals surface area contributed by atoms with Gasteiger partial charge in [0.05, 0.1) is 16.8 Å². The zero-order valence-electron chi connectivity index (χ0n) is 47.3. The molecular formula is C70H78BN3. The van der Waals surface area contributed by atoms with Crippen molar-refractivity contribution in [1.29, 1.82) is 0 Å². The monoisotopic (exact) mass is 972 g/mol. The second kappa shape index (κ2) is 15.3. The van der Waals surface area contributed by atoms with Crippen molar-refractivity contribution in [3.8, 4) is 11.1 Å². The third kappa shape index (κ3) is 6.15. The maximum atomic E-state index is 2.97. The highest BCUT2D eigenvalue weighted by atomic mass is 15.3. The van der Waals surface area contributed by atoms with Gasteiger partial charge < -0.3 is 14.7 Å². The van der Waals surface area contributed by atoms with Crippen molar-refractivity contribution in [3.05, 3.63) is 177 Å². The third-order valence-electron chi connectivity index (χ3n) is 20.5. The first-order valence-electron chi connectivity index (χ1n) is 28.2. The van der Waals surface area contributed by atoms with Crippen LogP contribution < -0.4 is 31.1 Å². The van der Waals surface area contributed by atoms with Gasteiger partial charge in [0.15, 0.2) is 0 Å². The van der Waals surface area contributed by atoms with E-state index in [2.05, 4.69) is 246 Å². The number of fused-ring (bicyclic) bond motifs is 12. The Hall–Kier alpha value is -6.00. The Labute approximate surface area is 444 Å². The highest BCUT2D eigenvalue weighted by Gasteiger charge is 2.64. The van der Waals surface area contributed by atoms with E-state index in [0.29, 0.717) is 0 Å². The standard InChI is InChI=1S/C70H78BN3/c1-43-37-44(2)61-63-60(43)68(13)34-21-22-35-69(68,14)74(63)59-42-50(73-56-32-29-48(65(6,7)8)39-53(56)67(12)36-33-46-25-19-20-26-52(46)70(67,73)15)41-58-62(59)71(61)54-30-27-49(66(9,10)11)40-57(54)72(58)55-31-28-47(64(3,4)5)38-51(55)45-23-17-16-18-24-45/h16-20,23-32,37-42H,21-22,33-36H2,1-15H3. The molecule has 4 heterocycles. The first-order valence-corrected chi connectivity index (χ1v) is 28.2. The zero-order chi connectivity index (χ0) is 52.0. The summed E-state index contributed by atoms with van der Waals surface area (Å²) in [4.78, 5) is 8.58. The summed E-state index contributed by atoms with van der Waals surface area (Å²) >= 11 is 0. The molecule has 4 aliphatic heterocycles. The van der Waals surface area contributed by atoms with Crippen LogP contribution in [0, 0.1) is 13.8 Å². The van der Waals surface area contributed by atoms with Gasteiger partial charge in [0.25, 0.3) is 6.71 Å². The summed E-state index contributed by atoms with van der Waals surface area (Å²) in [5.74, 6) is 0.